The number of fused-ring (bicyclic) bond motifs is 1. The molecule has 1 unspecified atom stereocenters. The molecule has 0 radical (unpaired) electrons. The van der Waals surface area contributed by atoms with Gasteiger partial charge in [-0.3, -0.25) is 15.0 Å². The molecule has 0 fully saturated rings. The van der Waals surface area contributed by atoms with Gasteiger partial charge in [-0.25, -0.2) is 8.42 Å². The maximum Gasteiger partial charge on any atom is 0.201 e. The molecular weight excluding hydrogens is 230 g/mol. The molecule has 1 aromatic heterocycles. The summed E-state index contributed by atoms with van der Waals surface area (Å²) >= 11 is 0. The molecule has 1 aromatic rings. The molecule has 84 valence electrons. The molecule has 1 atom stereocenters. The highest BCUT2D eigenvalue weighted by Crippen LogP contribution is 2.34. The minimum atomic E-state index is -3.35. The molecule has 6 nitrogen and oxygen atoms in total. The van der Waals surface area contributed by atoms with Gasteiger partial charge in [-0.15, -0.1) is 0 Å². The van der Waals surface area contributed by atoms with Gasteiger partial charge in [0, 0.05) is 18.7 Å². The lowest BCUT2D eigenvalue weighted by Crippen LogP contribution is -2.10. The van der Waals surface area contributed by atoms with Gasteiger partial charge < -0.3 is 0 Å². The molecule has 0 bridgehead atoms. The van der Waals surface area contributed by atoms with Crippen LogP contribution < -0.4 is 5.48 Å². The molecule has 16 heavy (non-hydrogen) atoms. The Balaban J connectivity index is 2.19. The number of sulfone groups is 1. The number of hydroxylamine groups is 1. The number of nitrogens with one attached hydrogen (secondary N) is 1. The lowest BCUT2D eigenvalue weighted by Gasteiger charge is -1.99. The van der Waals surface area contributed by atoms with Crippen LogP contribution in [0.3, 0.4) is 0 Å². The zero-order valence-corrected chi connectivity index (χ0v) is 9.23. The first-order chi connectivity index (χ1) is 7.58. The van der Waals surface area contributed by atoms with E-state index in [9.17, 15) is 8.42 Å². The average Bonchev–Trinajstić information content (AvgIpc) is 2.85. The van der Waals surface area contributed by atoms with Crippen LogP contribution in [0.4, 0.5) is 0 Å². The summed E-state index contributed by atoms with van der Waals surface area (Å²) in [5, 5.41) is 5.31. The number of aromatic nitrogens is 2. The Bertz CT molecular complexity index is 612. The van der Waals surface area contributed by atoms with Crippen molar-refractivity contribution in [3.63, 3.8) is 0 Å². The van der Waals surface area contributed by atoms with Crippen LogP contribution in [0.2, 0.25) is 0 Å². The van der Waals surface area contributed by atoms with Crippen LogP contribution in [0, 0.1) is 0 Å². The maximum atomic E-state index is 11.7. The van der Waals surface area contributed by atoms with E-state index in [-0.39, 0.29) is 4.91 Å². The maximum absolute atomic E-state index is 11.7. The fraction of sp³-hybridized carbons (Fsp3) is 0.222. The van der Waals surface area contributed by atoms with Crippen LogP contribution >= 0.6 is 0 Å². The Morgan fingerprint density at radius 3 is 3.06 bits per heavy atom. The van der Waals surface area contributed by atoms with Gasteiger partial charge in [0.1, 0.15) is 22.4 Å². The number of nitrogens with zero attached hydrogens (tertiary/aromatic N) is 2. The first-order valence-electron chi connectivity index (χ1n) is 4.67. The van der Waals surface area contributed by atoms with Crippen LogP contribution in [0.1, 0.15) is 5.69 Å². The number of rotatable bonds is 1. The minimum absolute atomic E-state index is 0.242. The van der Waals surface area contributed by atoms with Crippen molar-refractivity contribution < 1.29 is 13.3 Å². The lowest BCUT2D eigenvalue weighted by atomic mass is 10.2. The van der Waals surface area contributed by atoms with Gasteiger partial charge in [-0.2, -0.15) is 5.10 Å². The van der Waals surface area contributed by atoms with Gasteiger partial charge in [0.25, 0.3) is 0 Å². The summed E-state index contributed by atoms with van der Waals surface area (Å²) in [7, 11) is -1.58. The number of hydrogen-bond donors (Lipinski definition) is 1. The van der Waals surface area contributed by atoms with Crippen molar-refractivity contribution in [2.24, 2.45) is 7.05 Å². The Morgan fingerprint density at radius 2 is 2.38 bits per heavy atom. The van der Waals surface area contributed by atoms with Gasteiger partial charge in [0.05, 0.1) is 0 Å². The van der Waals surface area contributed by atoms with Gasteiger partial charge in [0.15, 0.2) is 0 Å². The van der Waals surface area contributed by atoms with E-state index in [0.717, 1.165) is 5.41 Å². The van der Waals surface area contributed by atoms with E-state index in [1.54, 1.807) is 24.0 Å². The third kappa shape index (κ3) is 1.22. The van der Waals surface area contributed by atoms with E-state index >= 15 is 0 Å². The highest BCUT2D eigenvalue weighted by atomic mass is 32.2. The van der Waals surface area contributed by atoms with Crippen molar-refractivity contribution in [3.8, 4) is 0 Å². The molecule has 3 heterocycles. The quantitative estimate of drug-likeness (QED) is 0.743. The van der Waals surface area contributed by atoms with Crippen LogP contribution in [-0.2, 0) is 21.7 Å². The van der Waals surface area contributed by atoms with Crippen molar-refractivity contribution in [1.82, 2.24) is 15.3 Å². The van der Waals surface area contributed by atoms with E-state index in [0.29, 0.717) is 11.4 Å². The minimum Gasteiger partial charge on any atom is -0.275 e. The second kappa shape index (κ2) is 2.96. The van der Waals surface area contributed by atoms with E-state index in [4.69, 9.17) is 4.84 Å². The molecule has 0 spiro atoms. The smallest absolute Gasteiger partial charge is 0.201 e. The van der Waals surface area contributed by atoms with Crippen molar-refractivity contribution in [2.45, 2.75) is 6.10 Å². The van der Waals surface area contributed by atoms with Crippen LogP contribution in [0.15, 0.2) is 28.7 Å². The van der Waals surface area contributed by atoms with E-state index in [2.05, 4.69) is 10.6 Å². The molecule has 0 saturated carbocycles. The SMILES string of the molecule is Cn1ccc(C2=C3C(C=CS3(=O)=O)ON2)n1. The van der Waals surface area contributed by atoms with E-state index < -0.39 is 15.9 Å². The summed E-state index contributed by atoms with van der Waals surface area (Å²) in [6.07, 6.45) is 2.72. The van der Waals surface area contributed by atoms with Crippen LogP contribution in [0.25, 0.3) is 5.70 Å². The largest absolute Gasteiger partial charge is 0.275 e. The Hall–Kier alpha value is -1.60. The number of aryl methyl sites for hydroxylation is 1. The molecule has 2 aliphatic heterocycles. The van der Waals surface area contributed by atoms with E-state index in [1.807, 2.05) is 0 Å². The summed E-state index contributed by atoms with van der Waals surface area (Å²) in [6, 6.07) is 1.73. The van der Waals surface area contributed by atoms with Crippen molar-refractivity contribution in [3.05, 3.63) is 34.3 Å². The van der Waals surface area contributed by atoms with Gasteiger partial charge in [-0.1, -0.05) is 0 Å². The van der Waals surface area contributed by atoms with Gasteiger partial charge in [0.2, 0.25) is 9.84 Å². The molecule has 3 rings (SSSR count). The number of hydrogen-bond acceptors (Lipinski definition) is 5. The fourth-order valence-corrected chi connectivity index (χ4v) is 3.15. The molecule has 0 aromatic carbocycles. The summed E-state index contributed by atoms with van der Waals surface area (Å²) in [5.74, 6) is 0. The van der Waals surface area contributed by atoms with Gasteiger partial charge in [-0.05, 0) is 12.1 Å². The van der Waals surface area contributed by atoms with E-state index in [1.165, 1.54) is 6.08 Å². The summed E-state index contributed by atoms with van der Waals surface area (Å²) in [6.45, 7) is 0. The Morgan fingerprint density at radius 1 is 1.56 bits per heavy atom. The molecule has 7 heteroatoms. The molecule has 0 amide bonds. The second-order valence-corrected chi connectivity index (χ2v) is 5.43. The summed E-state index contributed by atoms with van der Waals surface area (Å²) in [4.78, 5) is 5.39. The standard InChI is InChI=1S/C9H9N3O3S/c1-12-4-2-6(10-12)8-9-7(15-11-8)3-5-16(9,13)14/h2-5,7,11H,1H3. The normalized spacial score (nSPS) is 25.9. The second-order valence-electron chi connectivity index (χ2n) is 3.63. The third-order valence-electron chi connectivity index (χ3n) is 2.50. The topological polar surface area (TPSA) is 73.2 Å². The van der Waals surface area contributed by atoms with Crippen molar-refractivity contribution in [1.29, 1.82) is 0 Å². The summed E-state index contributed by atoms with van der Waals surface area (Å²) < 4.78 is 25.1. The monoisotopic (exact) mass is 239 g/mol. The van der Waals surface area contributed by atoms with Crippen LogP contribution in [0.5, 0.6) is 0 Å². The highest BCUT2D eigenvalue weighted by Gasteiger charge is 2.39. The van der Waals surface area contributed by atoms with Crippen molar-refractivity contribution >= 4 is 15.5 Å². The van der Waals surface area contributed by atoms with Gasteiger partial charge >= 0.3 is 0 Å². The zero-order chi connectivity index (χ0) is 11.3. The molecule has 0 aliphatic carbocycles. The highest BCUT2D eigenvalue weighted by molar-refractivity contribution is 7.98. The predicted octanol–water partition coefficient (Wildman–Crippen LogP) is -0.0658. The molecule has 2 aliphatic rings. The fourth-order valence-electron chi connectivity index (χ4n) is 1.77. The average molecular weight is 239 g/mol. The Kier molecular flexibility index (Phi) is 1.78. The first-order valence-corrected chi connectivity index (χ1v) is 6.22. The molecular formula is C9H9N3O3S. The molecule has 0 saturated heterocycles. The zero-order valence-electron chi connectivity index (χ0n) is 8.41. The predicted molar refractivity (Wildman–Crippen MR) is 56.2 cm³/mol. The molecule has 1 N–H and O–H groups in total. The lowest BCUT2D eigenvalue weighted by molar-refractivity contribution is 0.0775. The van der Waals surface area contributed by atoms with Crippen molar-refractivity contribution in [2.75, 3.05) is 0 Å². The first kappa shape index (κ1) is 9.61. The Labute approximate surface area is 92.1 Å². The summed E-state index contributed by atoms with van der Waals surface area (Å²) in [5.41, 5.74) is 3.61. The third-order valence-corrected chi connectivity index (χ3v) is 4.07. The van der Waals surface area contributed by atoms with Crippen LogP contribution in [-0.4, -0.2) is 24.3 Å².